The standard InChI is InChI=1S/C24H29N5O4.C3H8/c1-7-9-10-19-17(5)27-23(15-30)29(24(19)32)20-13-18(11-12-22(20)33-16(3)4)21(31)14-28(25-6)26-8-2;1-3-2/h7-13,16,30H,1,6,14-15H2,2-5H3;3H2,1-2H3/b10-9-,26-8-;. The van der Waals surface area contributed by atoms with Gasteiger partial charge in [0.25, 0.3) is 5.56 Å². The molecule has 9 nitrogen and oxygen atoms in total. The molecule has 0 spiro atoms. The van der Waals surface area contributed by atoms with Crippen LogP contribution in [0.5, 0.6) is 5.75 Å². The number of hydrogen-bond acceptors (Lipinski definition) is 8. The van der Waals surface area contributed by atoms with Crippen LogP contribution >= 0.6 is 0 Å². The molecule has 1 aromatic heterocycles. The maximum atomic E-state index is 13.4. The molecular weight excluding hydrogens is 458 g/mol. The molecule has 0 unspecified atom stereocenters. The Hall–Kier alpha value is -3.85. The second-order valence-electron chi connectivity index (χ2n) is 7.95. The summed E-state index contributed by atoms with van der Waals surface area (Å²) in [5.41, 5.74) is 0.982. The topological polar surface area (TPSA) is 109 Å². The van der Waals surface area contributed by atoms with E-state index in [2.05, 4.69) is 42.3 Å². The molecule has 0 amide bonds. The van der Waals surface area contributed by atoms with Gasteiger partial charge in [0.05, 0.1) is 23.0 Å². The summed E-state index contributed by atoms with van der Waals surface area (Å²) < 4.78 is 7.17. The molecule has 0 saturated heterocycles. The highest BCUT2D eigenvalue weighted by molar-refractivity contribution is 5.98. The number of aliphatic hydroxyl groups excluding tert-OH is 1. The molecule has 0 atom stereocenters. The largest absolute Gasteiger partial charge is 0.489 e. The molecular formula is C27H37N5O4. The molecule has 9 heteroatoms. The second kappa shape index (κ2) is 15.2. The highest BCUT2D eigenvalue weighted by Crippen LogP contribution is 2.26. The summed E-state index contributed by atoms with van der Waals surface area (Å²) in [5.74, 6) is 0.195. The Morgan fingerprint density at radius 2 is 2.00 bits per heavy atom. The Kier molecular flexibility index (Phi) is 12.7. The number of hydrazone groups is 2. The van der Waals surface area contributed by atoms with Crippen LogP contribution in [0, 0.1) is 6.92 Å². The first-order valence-corrected chi connectivity index (χ1v) is 11.8. The minimum Gasteiger partial charge on any atom is -0.489 e. The Morgan fingerprint density at radius 3 is 2.53 bits per heavy atom. The molecule has 0 bridgehead atoms. The number of carbonyl (C=O) groups is 1. The molecule has 1 aromatic carbocycles. The van der Waals surface area contributed by atoms with Crippen LogP contribution in [0.1, 0.15) is 68.5 Å². The molecule has 0 saturated carbocycles. The van der Waals surface area contributed by atoms with Gasteiger partial charge >= 0.3 is 0 Å². The lowest BCUT2D eigenvalue weighted by atomic mass is 10.1. The Labute approximate surface area is 213 Å². The van der Waals surface area contributed by atoms with E-state index in [0.717, 1.165) is 5.12 Å². The zero-order valence-electron chi connectivity index (χ0n) is 22.1. The maximum absolute atomic E-state index is 13.4. The van der Waals surface area contributed by atoms with Crippen molar-refractivity contribution in [1.29, 1.82) is 0 Å². The van der Waals surface area contributed by atoms with E-state index in [1.165, 1.54) is 23.3 Å². The quantitative estimate of drug-likeness (QED) is 0.212. The third kappa shape index (κ3) is 8.13. The summed E-state index contributed by atoms with van der Waals surface area (Å²) in [7, 11) is 0. The fraction of sp³-hybridized carbons (Fsp3) is 0.370. The van der Waals surface area contributed by atoms with E-state index in [1.807, 2.05) is 13.8 Å². The normalized spacial score (nSPS) is 10.9. The molecule has 2 rings (SSSR count). The number of hydrogen-bond donors (Lipinski definition) is 1. The molecule has 0 aliphatic carbocycles. The van der Waals surface area contributed by atoms with Crippen molar-refractivity contribution in [2.45, 2.75) is 60.7 Å². The van der Waals surface area contributed by atoms with Crippen molar-refractivity contribution < 1.29 is 14.6 Å². The van der Waals surface area contributed by atoms with E-state index in [4.69, 9.17) is 4.74 Å². The van der Waals surface area contributed by atoms with Crippen molar-refractivity contribution in [3.8, 4) is 11.4 Å². The van der Waals surface area contributed by atoms with E-state index >= 15 is 0 Å². The van der Waals surface area contributed by atoms with E-state index in [0.29, 0.717) is 28.3 Å². The highest BCUT2D eigenvalue weighted by Gasteiger charge is 2.20. The fourth-order valence-electron chi connectivity index (χ4n) is 3.11. The summed E-state index contributed by atoms with van der Waals surface area (Å²) in [6.07, 6.45) is 7.33. The van der Waals surface area contributed by atoms with Crippen LogP contribution in [0.3, 0.4) is 0 Å². The first kappa shape index (κ1) is 30.2. The van der Waals surface area contributed by atoms with E-state index < -0.39 is 12.2 Å². The lowest BCUT2D eigenvalue weighted by Gasteiger charge is -2.20. The van der Waals surface area contributed by atoms with Crippen molar-refractivity contribution in [2.75, 3.05) is 6.54 Å². The molecule has 1 heterocycles. The number of allylic oxidation sites excluding steroid dienone is 2. The van der Waals surface area contributed by atoms with Crippen LogP contribution in [-0.2, 0) is 6.61 Å². The lowest BCUT2D eigenvalue weighted by Crippen LogP contribution is -2.28. The summed E-state index contributed by atoms with van der Waals surface area (Å²) >= 11 is 0. The number of carbonyl (C=O) groups excluding carboxylic acids is 1. The summed E-state index contributed by atoms with van der Waals surface area (Å²) in [6, 6.07) is 4.75. The van der Waals surface area contributed by atoms with Crippen LogP contribution in [0.15, 0.2) is 51.9 Å². The Morgan fingerprint density at radius 1 is 1.33 bits per heavy atom. The minimum absolute atomic E-state index is 0.122. The average Bonchev–Trinajstić information content (AvgIpc) is 2.83. The number of ketones is 1. The van der Waals surface area contributed by atoms with Crippen LogP contribution in [0.2, 0.25) is 0 Å². The fourth-order valence-corrected chi connectivity index (χ4v) is 3.11. The highest BCUT2D eigenvalue weighted by atomic mass is 16.5. The zero-order valence-corrected chi connectivity index (χ0v) is 22.1. The monoisotopic (exact) mass is 495 g/mol. The smallest absolute Gasteiger partial charge is 0.265 e. The number of rotatable bonds is 11. The van der Waals surface area contributed by atoms with Crippen molar-refractivity contribution >= 4 is 24.8 Å². The second-order valence-corrected chi connectivity index (χ2v) is 7.95. The van der Waals surface area contributed by atoms with Crippen LogP contribution in [-0.4, -0.2) is 51.1 Å². The molecule has 1 N–H and O–H groups in total. The van der Waals surface area contributed by atoms with Gasteiger partial charge < -0.3 is 9.84 Å². The van der Waals surface area contributed by atoms with Gasteiger partial charge in [-0.05, 0) is 52.0 Å². The van der Waals surface area contributed by atoms with E-state index in [9.17, 15) is 14.7 Å². The van der Waals surface area contributed by atoms with Crippen molar-refractivity contribution in [2.24, 2.45) is 10.2 Å². The number of aryl methyl sites for hydroxylation is 1. The minimum atomic E-state index is -0.486. The van der Waals surface area contributed by atoms with E-state index in [-0.39, 0.29) is 24.3 Å². The van der Waals surface area contributed by atoms with Crippen molar-refractivity contribution in [3.05, 3.63) is 69.9 Å². The van der Waals surface area contributed by atoms with Gasteiger partial charge in [0.1, 0.15) is 24.7 Å². The number of nitrogens with zero attached hydrogens (tertiary/aromatic N) is 5. The SMILES string of the molecule is C=C/C=C\c1c(C)nc(CO)n(-c2cc(C(=O)CN(N=C)/N=C\C)ccc2OC(C)C)c1=O.CCC. The number of aliphatic hydroxyl groups is 1. The first-order valence-electron chi connectivity index (χ1n) is 11.8. The molecule has 2 aromatic rings. The number of aromatic nitrogens is 2. The molecule has 0 fully saturated rings. The molecule has 0 aliphatic rings. The molecule has 36 heavy (non-hydrogen) atoms. The number of ether oxygens (including phenoxy) is 1. The van der Waals surface area contributed by atoms with Crippen LogP contribution < -0.4 is 10.3 Å². The predicted molar refractivity (Wildman–Crippen MR) is 146 cm³/mol. The Balaban J connectivity index is 0.00000205. The number of benzene rings is 1. The molecule has 194 valence electrons. The van der Waals surface area contributed by atoms with Gasteiger partial charge in [-0.3, -0.25) is 14.2 Å². The predicted octanol–water partition coefficient (Wildman–Crippen LogP) is 4.54. The Bertz CT molecular complexity index is 1170. The van der Waals surface area contributed by atoms with Gasteiger partial charge in [-0.15, -0.1) is 0 Å². The molecule has 0 aliphatic heterocycles. The van der Waals surface area contributed by atoms with Gasteiger partial charge in [0, 0.05) is 18.5 Å². The van der Waals surface area contributed by atoms with Gasteiger partial charge in [-0.2, -0.15) is 15.3 Å². The van der Waals surface area contributed by atoms with Gasteiger partial charge in [-0.1, -0.05) is 39.0 Å². The van der Waals surface area contributed by atoms with Gasteiger partial charge in [0.2, 0.25) is 0 Å². The summed E-state index contributed by atoms with van der Waals surface area (Å²) in [4.78, 5) is 30.7. The van der Waals surface area contributed by atoms with Crippen LogP contribution in [0.4, 0.5) is 0 Å². The zero-order chi connectivity index (χ0) is 27.3. The average molecular weight is 496 g/mol. The van der Waals surface area contributed by atoms with Gasteiger partial charge in [-0.25, -0.2) is 4.98 Å². The summed E-state index contributed by atoms with van der Waals surface area (Å²) in [6.45, 7) is 17.7. The van der Waals surface area contributed by atoms with E-state index in [1.54, 1.807) is 44.2 Å². The first-order chi connectivity index (χ1) is 17.2. The van der Waals surface area contributed by atoms with Gasteiger partial charge in [0.15, 0.2) is 5.78 Å². The van der Waals surface area contributed by atoms with Crippen molar-refractivity contribution in [3.63, 3.8) is 0 Å². The lowest BCUT2D eigenvalue weighted by molar-refractivity contribution is 0.0936. The summed E-state index contributed by atoms with van der Waals surface area (Å²) in [5, 5.41) is 18.8. The maximum Gasteiger partial charge on any atom is 0.265 e. The third-order valence-corrected chi connectivity index (χ3v) is 4.50. The van der Waals surface area contributed by atoms with Crippen molar-refractivity contribution in [1.82, 2.24) is 14.7 Å². The van der Waals surface area contributed by atoms with Crippen LogP contribution in [0.25, 0.3) is 11.8 Å². The molecule has 0 radical (unpaired) electrons. The third-order valence-electron chi connectivity index (χ3n) is 4.50. The number of Topliss-reactive ketones (excluding diaryl/α,β-unsaturated/α-hetero) is 1.